The number of hydrogen-bond acceptors (Lipinski definition) is 4. The van der Waals surface area contributed by atoms with Crippen LogP contribution >= 0.6 is 0 Å². The number of benzene rings is 4. The van der Waals surface area contributed by atoms with Gasteiger partial charge in [-0.05, 0) is 52.4 Å². The molecule has 6 heteroatoms. The van der Waals surface area contributed by atoms with Gasteiger partial charge in [-0.15, -0.1) is 0 Å². The number of nitrogens with one attached hydrogen (secondary N) is 2. The molecule has 5 rings (SSSR count). The predicted octanol–water partition coefficient (Wildman–Crippen LogP) is 5.72. The molecule has 38 heavy (non-hydrogen) atoms. The SMILES string of the molecule is CC(NC(=O)C(Cc1ccccc1)NC(=O)OCC1c2ccccc2-c2ccccc21)c1ccc(O)cc1. The van der Waals surface area contributed by atoms with Crippen LogP contribution in [0.1, 0.15) is 41.1 Å². The summed E-state index contributed by atoms with van der Waals surface area (Å²) in [7, 11) is 0. The molecule has 4 aromatic carbocycles. The van der Waals surface area contributed by atoms with E-state index in [2.05, 4.69) is 34.9 Å². The molecule has 0 saturated carbocycles. The summed E-state index contributed by atoms with van der Waals surface area (Å²) in [5.41, 5.74) is 6.33. The Morgan fingerprint density at radius 2 is 1.37 bits per heavy atom. The number of alkyl carbamates (subject to hydrolysis) is 1. The maximum absolute atomic E-state index is 13.3. The minimum atomic E-state index is -0.826. The minimum Gasteiger partial charge on any atom is -0.508 e. The zero-order valence-corrected chi connectivity index (χ0v) is 21.1. The quantitative estimate of drug-likeness (QED) is 0.285. The third kappa shape index (κ3) is 5.54. The third-order valence-electron chi connectivity index (χ3n) is 6.99. The number of fused-ring (bicyclic) bond motifs is 3. The molecular formula is C32H30N2O4. The number of phenols is 1. The summed E-state index contributed by atoms with van der Waals surface area (Å²) >= 11 is 0. The van der Waals surface area contributed by atoms with Gasteiger partial charge in [0.1, 0.15) is 18.4 Å². The fourth-order valence-corrected chi connectivity index (χ4v) is 5.00. The number of amides is 2. The van der Waals surface area contributed by atoms with Gasteiger partial charge in [0.05, 0.1) is 6.04 Å². The summed E-state index contributed by atoms with van der Waals surface area (Å²) in [4.78, 5) is 26.3. The highest BCUT2D eigenvalue weighted by molar-refractivity contribution is 5.86. The van der Waals surface area contributed by atoms with Crippen LogP contribution in [0.25, 0.3) is 11.1 Å². The lowest BCUT2D eigenvalue weighted by atomic mass is 9.98. The van der Waals surface area contributed by atoms with Gasteiger partial charge in [-0.1, -0.05) is 91.0 Å². The lowest BCUT2D eigenvalue weighted by Gasteiger charge is -2.22. The highest BCUT2D eigenvalue weighted by atomic mass is 16.5. The van der Waals surface area contributed by atoms with Gasteiger partial charge in [0.15, 0.2) is 0 Å². The largest absolute Gasteiger partial charge is 0.508 e. The first kappa shape index (κ1) is 25.1. The number of phenolic OH excluding ortho intramolecular Hbond substituents is 1. The van der Waals surface area contributed by atoms with E-state index in [1.165, 1.54) is 0 Å². The Kier molecular flexibility index (Phi) is 7.40. The first-order valence-electron chi connectivity index (χ1n) is 12.7. The summed E-state index contributed by atoms with van der Waals surface area (Å²) in [5, 5.41) is 15.3. The maximum Gasteiger partial charge on any atom is 0.407 e. The summed E-state index contributed by atoms with van der Waals surface area (Å²) < 4.78 is 5.70. The Hall–Kier alpha value is -4.58. The highest BCUT2D eigenvalue weighted by Gasteiger charge is 2.30. The van der Waals surface area contributed by atoms with Crippen LogP contribution in [-0.4, -0.2) is 29.8 Å². The van der Waals surface area contributed by atoms with Crippen LogP contribution in [0.5, 0.6) is 5.75 Å². The average Bonchev–Trinajstić information content (AvgIpc) is 3.26. The van der Waals surface area contributed by atoms with Crippen molar-refractivity contribution in [1.82, 2.24) is 10.6 Å². The Labute approximate surface area is 222 Å². The second-order valence-corrected chi connectivity index (χ2v) is 9.53. The van der Waals surface area contributed by atoms with Crippen molar-refractivity contribution in [1.29, 1.82) is 0 Å². The number of ether oxygens (including phenoxy) is 1. The second kappa shape index (κ2) is 11.2. The van der Waals surface area contributed by atoms with Crippen LogP contribution in [0, 0.1) is 0 Å². The van der Waals surface area contributed by atoms with Crippen molar-refractivity contribution in [2.75, 3.05) is 6.61 Å². The highest BCUT2D eigenvalue weighted by Crippen LogP contribution is 2.44. The van der Waals surface area contributed by atoms with E-state index >= 15 is 0 Å². The number of hydrogen-bond donors (Lipinski definition) is 3. The lowest BCUT2D eigenvalue weighted by Crippen LogP contribution is -2.48. The molecule has 0 aromatic heterocycles. The lowest BCUT2D eigenvalue weighted by molar-refractivity contribution is -0.123. The van der Waals surface area contributed by atoms with Crippen molar-refractivity contribution in [3.63, 3.8) is 0 Å². The number of rotatable bonds is 8. The summed E-state index contributed by atoms with van der Waals surface area (Å²) in [6.07, 6.45) is -0.320. The standard InChI is InChI=1S/C32H30N2O4/c1-21(23-15-17-24(35)18-16-23)33-31(36)30(19-22-9-3-2-4-10-22)34-32(37)38-20-29-27-13-7-5-11-25(27)26-12-6-8-14-28(26)29/h2-18,21,29-30,35H,19-20H2,1H3,(H,33,36)(H,34,37). The van der Waals surface area contributed by atoms with Gasteiger partial charge in [-0.25, -0.2) is 4.79 Å². The second-order valence-electron chi connectivity index (χ2n) is 9.53. The molecule has 0 heterocycles. The van der Waals surface area contributed by atoms with Crippen LogP contribution in [0.4, 0.5) is 4.79 Å². The van der Waals surface area contributed by atoms with E-state index in [0.29, 0.717) is 6.42 Å². The first-order chi connectivity index (χ1) is 18.5. The van der Waals surface area contributed by atoms with Crippen molar-refractivity contribution in [3.05, 3.63) is 125 Å². The Balaban J connectivity index is 1.28. The Morgan fingerprint density at radius 3 is 2.00 bits per heavy atom. The Morgan fingerprint density at radius 1 is 0.789 bits per heavy atom. The molecule has 0 saturated heterocycles. The van der Waals surface area contributed by atoms with Crippen LogP contribution in [-0.2, 0) is 16.0 Å². The van der Waals surface area contributed by atoms with Crippen LogP contribution in [0.2, 0.25) is 0 Å². The number of carbonyl (C=O) groups excluding carboxylic acids is 2. The summed E-state index contributed by atoms with van der Waals surface area (Å²) in [6, 6.07) is 31.4. The zero-order chi connectivity index (χ0) is 26.5. The van der Waals surface area contributed by atoms with Crippen molar-refractivity contribution in [2.45, 2.75) is 31.3 Å². The van der Waals surface area contributed by atoms with Gasteiger partial charge in [0.25, 0.3) is 0 Å². The molecule has 192 valence electrons. The normalized spacial score (nSPS) is 13.6. The van der Waals surface area contributed by atoms with Gasteiger partial charge in [0.2, 0.25) is 5.91 Å². The fourth-order valence-electron chi connectivity index (χ4n) is 5.00. The molecule has 2 atom stereocenters. The molecule has 0 radical (unpaired) electrons. The van der Waals surface area contributed by atoms with Crippen molar-refractivity contribution < 1.29 is 19.4 Å². The maximum atomic E-state index is 13.3. The molecule has 0 spiro atoms. The van der Waals surface area contributed by atoms with E-state index in [0.717, 1.165) is 33.4 Å². The van der Waals surface area contributed by atoms with Gasteiger partial charge < -0.3 is 20.5 Å². The number of aromatic hydroxyl groups is 1. The molecule has 0 fully saturated rings. The molecular weight excluding hydrogens is 476 g/mol. The van der Waals surface area contributed by atoms with E-state index in [1.54, 1.807) is 24.3 Å². The van der Waals surface area contributed by atoms with E-state index in [-0.39, 0.29) is 30.2 Å². The topological polar surface area (TPSA) is 87.7 Å². The smallest absolute Gasteiger partial charge is 0.407 e. The van der Waals surface area contributed by atoms with E-state index < -0.39 is 12.1 Å². The van der Waals surface area contributed by atoms with Crippen molar-refractivity contribution >= 4 is 12.0 Å². The van der Waals surface area contributed by atoms with Crippen molar-refractivity contribution in [2.24, 2.45) is 0 Å². The number of carbonyl (C=O) groups is 2. The van der Waals surface area contributed by atoms with Gasteiger partial charge in [-0.3, -0.25) is 4.79 Å². The fraction of sp³-hybridized carbons (Fsp3) is 0.188. The molecule has 3 N–H and O–H groups in total. The Bertz CT molecular complexity index is 1370. The van der Waals surface area contributed by atoms with E-state index in [9.17, 15) is 14.7 Å². The van der Waals surface area contributed by atoms with Gasteiger partial charge >= 0.3 is 6.09 Å². The average molecular weight is 507 g/mol. The molecule has 0 aliphatic heterocycles. The van der Waals surface area contributed by atoms with E-state index in [4.69, 9.17) is 4.74 Å². The summed E-state index contributed by atoms with van der Waals surface area (Å²) in [6.45, 7) is 2.03. The van der Waals surface area contributed by atoms with Crippen molar-refractivity contribution in [3.8, 4) is 16.9 Å². The van der Waals surface area contributed by atoms with E-state index in [1.807, 2.05) is 61.5 Å². The van der Waals surface area contributed by atoms with Gasteiger partial charge in [-0.2, -0.15) is 0 Å². The molecule has 2 unspecified atom stereocenters. The molecule has 6 nitrogen and oxygen atoms in total. The zero-order valence-electron chi connectivity index (χ0n) is 21.1. The molecule has 1 aliphatic rings. The molecule has 1 aliphatic carbocycles. The first-order valence-corrected chi connectivity index (χ1v) is 12.7. The van der Waals surface area contributed by atoms with Crippen LogP contribution in [0.15, 0.2) is 103 Å². The third-order valence-corrected chi connectivity index (χ3v) is 6.99. The molecule has 4 aromatic rings. The van der Waals surface area contributed by atoms with Gasteiger partial charge in [0, 0.05) is 12.3 Å². The summed E-state index contributed by atoms with van der Waals surface area (Å²) in [5.74, 6) is -0.224. The van der Waals surface area contributed by atoms with Crippen LogP contribution in [0.3, 0.4) is 0 Å². The van der Waals surface area contributed by atoms with Crippen LogP contribution < -0.4 is 10.6 Å². The monoisotopic (exact) mass is 506 g/mol. The molecule has 0 bridgehead atoms. The molecule has 2 amide bonds. The predicted molar refractivity (Wildman–Crippen MR) is 147 cm³/mol. The minimum absolute atomic E-state index is 0.0657.